The van der Waals surface area contributed by atoms with Crippen molar-refractivity contribution in [2.45, 2.75) is 64.1 Å². The molecule has 4 aromatic carbocycles. The molecule has 0 fully saturated rings. The number of hydrogen-bond donors (Lipinski definition) is 1. The SMILES string of the molecule is Cc1ccc(S(=O)(=O)N(CC(=O)N(Cc2ccccc2Cl)[C@@H](Cc2ccccc2)C(=O)NC(C)(C)C)c2cccc(C)c2)cc1. The Kier molecular flexibility index (Phi) is 10.7. The first-order valence-corrected chi connectivity index (χ1v) is 16.6. The molecule has 9 heteroatoms. The lowest BCUT2D eigenvalue weighted by molar-refractivity contribution is -0.140. The highest BCUT2D eigenvalue weighted by Gasteiger charge is 2.36. The Morgan fingerprint density at radius 3 is 2.09 bits per heavy atom. The quantitative estimate of drug-likeness (QED) is 0.197. The summed E-state index contributed by atoms with van der Waals surface area (Å²) in [6.07, 6.45) is 0.216. The van der Waals surface area contributed by atoms with E-state index in [1.54, 1.807) is 48.5 Å². The molecule has 1 atom stereocenters. The molecule has 0 heterocycles. The van der Waals surface area contributed by atoms with Crippen LogP contribution in [-0.4, -0.2) is 43.3 Å². The van der Waals surface area contributed by atoms with Crippen LogP contribution in [0.5, 0.6) is 0 Å². The summed E-state index contributed by atoms with van der Waals surface area (Å²) in [5.41, 5.74) is 3.01. The Morgan fingerprint density at radius 2 is 1.47 bits per heavy atom. The normalized spacial score (nSPS) is 12.3. The summed E-state index contributed by atoms with van der Waals surface area (Å²) >= 11 is 6.56. The highest BCUT2D eigenvalue weighted by Crippen LogP contribution is 2.27. The number of carbonyl (C=O) groups excluding carboxylic acids is 2. The molecule has 2 amide bonds. The van der Waals surface area contributed by atoms with Crippen LogP contribution in [0.4, 0.5) is 5.69 Å². The van der Waals surface area contributed by atoms with E-state index in [-0.39, 0.29) is 23.8 Å². The third kappa shape index (κ3) is 8.96. The van der Waals surface area contributed by atoms with Gasteiger partial charge in [-0.05, 0) is 81.6 Å². The molecule has 0 spiro atoms. The second kappa shape index (κ2) is 14.3. The fourth-order valence-corrected chi connectivity index (χ4v) is 6.57. The lowest BCUT2D eigenvalue weighted by Gasteiger charge is -2.35. The van der Waals surface area contributed by atoms with Crippen molar-refractivity contribution >= 4 is 39.1 Å². The zero-order valence-corrected chi connectivity index (χ0v) is 27.9. The first-order chi connectivity index (χ1) is 21.2. The van der Waals surface area contributed by atoms with E-state index < -0.39 is 34.1 Å². The third-order valence-electron chi connectivity index (χ3n) is 7.25. The van der Waals surface area contributed by atoms with Crippen molar-refractivity contribution in [1.82, 2.24) is 10.2 Å². The Hall–Kier alpha value is -4.14. The summed E-state index contributed by atoms with van der Waals surface area (Å²) in [5, 5.41) is 3.47. The topological polar surface area (TPSA) is 86.8 Å². The number of nitrogens with zero attached hydrogens (tertiary/aromatic N) is 2. The smallest absolute Gasteiger partial charge is 0.264 e. The summed E-state index contributed by atoms with van der Waals surface area (Å²) in [6.45, 7) is 8.83. The van der Waals surface area contributed by atoms with Gasteiger partial charge in [0.15, 0.2) is 0 Å². The van der Waals surface area contributed by atoms with Gasteiger partial charge in [0, 0.05) is 23.5 Å². The number of benzene rings is 4. The van der Waals surface area contributed by atoms with E-state index in [2.05, 4.69) is 5.32 Å². The van der Waals surface area contributed by atoms with Crippen molar-refractivity contribution in [2.75, 3.05) is 10.8 Å². The lowest BCUT2D eigenvalue weighted by atomic mass is 10.0. The minimum atomic E-state index is -4.17. The van der Waals surface area contributed by atoms with E-state index in [4.69, 9.17) is 11.6 Å². The molecule has 236 valence electrons. The van der Waals surface area contributed by atoms with Gasteiger partial charge in [-0.15, -0.1) is 0 Å². The molecule has 0 aliphatic heterocycles. The van der Waals surface area contributed by atoms with Gasteiger partial charge >= 0.3 is 0 Å². The molecule has 4 aromatic rings. The number of amides is 2. The van der Waals surface area contributed by atoms with Crippen LogP contribution >= 0.6 is 11.6 Å². The molecule has 0 saturated carbocycles. The van der Waals surface area contributed by atoms with Crippen molar-refractivity contribution in [1.29, 1.82) is 0 Å². The van der Waals surface area contributed by atoms with Gasteiger partial charge in [-0.2, -0.15) is 0 Å². The molecular weight excluding hydrogens is 606 g/mol. The zero-order valence-electron chi connectivity index (χ0n) is 26.3. The number of anilines is 1. The summed E-state index contributed by atoms with van der Waals surface area (Å²) in [7, 11) is -4.17. The van der Waals surface area contributed by atoms with E-state index in [0.29, 0.717) is 16.3 Å². The van der Waals surface area contributed by atoms with Gasteiger partial charge in [-0.25, -0.2) is 8.42 Å². The number of rotatable bonds is 11. The predicted octanol–water partition coefficient (Wildman–Crippen LogP) is 6.71. The first-order valence-electron chi connectivity index (χ1n) is 14.8. The van der Waals surface area contributed by atoms with Crippen molar-refractivity contribution in [2.24, 2.45) is 0 Å². The predicted molar refractivity (Wildman–Crippen MR) is 181 cm³/mol. The second-order valence-electron chi connectivity index (χ2n) is 12.2. The van der Waals surface area contributed by atoms with Crippen LogP contribution in [0.25, 0.3) is 0 Å². The molecule has 45 heavy (non-hydrogen) atoms. The highest BCUT2D eigenvalue weighted by atomic mass is 35.5. The summed E-state index contributed by atoms with van der Waals surface area (Å²) in [5.74, 6) is -0.896. The molecule has 7 nitrogen and oxygen atoms in total. The van der Waals surface area contributed by atoms with Gasteiger partial charge in [0.25, 0.3) is 10.0 Å². The van der Waals surface area contributed by atoms with Gasteiger partial charge in [0.2, 0.25) is 11.8 Å². The average molecular weight is 646 g/mol. The average Bonchev–Trinajstić information content (AvgIpc) is 2.98. The number of nitrogens with one attached hydrogen (secondary N) is 1. The lowest BCUT2D eigenvalue weighted by Crippen LogP contribution is -2.56. The molecule has 0 radical (unpaired) electrons. The highest BCUT2D eigenvalue weighted by molar-refractivity contribution is 7.92. The van der Waals surface area contributed by atoms with Crippen LogP contribution in [0.2, 0.25) is 5.02 Å². The van der Waals surface area contributed by atoms with Crippen molar-refractivity contribution in [3.8, 4) is 0 Å². The number of aryl methyl sites for hydroxylation is 2. The molecule has 0 aliphatic carbocycles. The molecule has 0 saturated heterocycles. The number of halogens is 1. The fraction of sp³-hybridized carbons (Fsp3) is 0.278. The molecule has 0 aliphatic rings. The van der Waals surface area contributed by atoms with Crippen LogP contribution in [0.1, 0.15) is 43.0 Å². The molecule has 1 N–H and O–H groups in total. The van der Waals surface area contributed by atoms with E-state index in [0.717, 1.165) is 21.0 Å². The summed E-state index contributed by atoms with van der Waals surface area (Å²) in [6, 6.07) is 29.1. The first kappa shape index (κ1) is 33.7. The van der Waals surface area contributed by atoms with E-state index in [1.165, 1.54) is 17.0 Å². The molecule has 0 bridgehead atoms. The van der Waals surface area contributed by atoms with Crippen LogP contribution < -0.4 is 9.62 Å². The van der Waals surface area contributed by atoms with Crippen LogP contribution in [0.15, 0.2) is 108 Å². The number of carbonyl (C=O) groups is 2. The standard InChI is InChI=1S/C36H40ClN3O4S/c1-26-18-20-31(21-19-26)45(43,44)40(30-16-11-12-27(2)22-30)25-34(41)39(24-29-15-9-10-17-32(29)37)33(35(42)38-36(3,4)5)23-28-13-7-6-8-14-28/h6-22,33H,23-25H2,1-5H3,(H,38,42)/t33-/m0/s1. The number of hydrogen-bond acceptors (Lipinski definition) is 4. The Bertz CT molecular complexity index is 1740. The monoisotopic (exact) mass is 645 g/mol. The fourth-order valence-electron chi connectivity index (χ4n) is 4.97. The minimum Gasteiger partial charge on any atom is -0.350 e. The Labute approximate surface area is 271 Å². The van der Waals surface area contributed by atoms with Gasteiger partial charge < -0.3 is 10.2 Å². The summed E-state index contributed by atoms with van der Waals surface area (Å²) in [4.78, 5) is 30.0. The van der Waals surface area contributed by atoms with Crippen molar-refractivity contribution in [3.05, 3.63) is 130 Å². The maximum Gasteiger partial charge on any atom is 0.264 e. The largest absolute Gasteiger partial charge is 0.350 e. The van der Waals surface area contributed by atoms with Gasteiger partial charge in [-0.1, -0.05) is 90.0 Å². The second-order valence-corrected chi connectivity index (χ2v) is 14.5. The Balaban J connectivity index is 1.83. The van der Waals surface area contributed by atoms with E-state index in [9.17, 15) is 18.0 Å². The van der Waals surface area contributed by atoms with Gasteiger partial charge in [0.1, 0.15) is 12.6 Å². The third-order valence-corrected chi connectivity index (χ3v) is 9.40. The van der Waals surface area contributed by atoms with Gasteiger partial charge in [-0.3, -0.25) is 13.9 Å². The van der Waals surface area contributed by atoms with Crippen LogP contribution in [-0.2, 0) is 32.6 Å². The van der Waals surface area contributed by atoms with Crippen LogP contribution in [0.3, 0.4) is 0 Å². The molecule has 0 aromatic heterocycles. The molecular formula is C36H40ClN3O4S. The Morgan fingerprint density at radius 1 is 0.822 bits per heavy atom. The summed E-state index contributed by atoms with van der Waals surface area (Å²) < 4.78 is 29.4. The number of sulfonamides is 1. The van der Waals surface area contributed by atoms with Crippen LogP contribution in [0, 0.1) is 13.8 Å². The zero-order chi connectivity index (χ0) is 32.8. The van der Waals surface area contributed by atoms with Crippen molar-refractivity contribution in [3.63, 3.8) is 0 Å². The van der Waals surface area contributed by atoms with Gasteiger partial charge in [0.05, 0.1) is 10.6 Å². The minimum absolute atomic E-state index is 0.000192. The molecule has 0 unspecified atom stereocenters. The maximum atomic E-state index is 14.6. The van der Waals surface area contributed by atoms with E-state index >= 15 is 0 Å². The van der Waals surface area contributed by atoms with E-state index in [1.807, 2.05) is 77.1 Å². The van der Waals surface area contributed by atoms with Crippen molar-refractivity contribution < 1.29 is 18.0 Å². The molecule has 4 rings (SSSR count). The maximum absolute atomic E-state index is 14.6.